The van der Waals surface area contributed by atoms with Crippen LogP contribution in [0.1, 0.15) is 51.3 Å². The average molecular weight is 273 g/mol. The zero-order valence-corrected chi connectivity index (χ0v) is 13.6. The Morgan fingerprint density at radius 2 is 1.90 bits per heavy atom. The molecule has 0 fully saturated rings. The summed E-state index contributed by atoms with van der Waals surface area (Å²) in [7, 11) is 0. The zero-order chi connectivity index (χ0) is 14.9. The predicted octanol–water partition coefficient (Wildman–Crippen LogP) is 4.78. The lowest BCUT2D eigenvalue weighted by molar-refractivity contribution is 0.546. The van der Waals surface area contributed by atoms with E-state index in [2.05, 4.69) is 59.0 Å². The summed E-state index contributed by atoms with van der Waals surface area (Å²) in [5.41, 5.74) is 5.05. The Morgan fingerprint density at radius 3 is 2.50 bits per heavy atom. The summed E-state index contributed by atoms with van der Waals surface area (Å²) in [5.74, 6) is 0.667. The molecule has 0 saturated carbocycles. The van der Waals surface area contributed by atoms with Crippen molar-refractivity contribution in [2.45, 2.75) is 53.5 Å². The van der Waals surface area contributed by atoms with Crippen LogP contribution in [0.2, 0.25) is 0 Å². The molecule has 0 aliphatic carbocycles. The van der Waals surface area contributed by atoms with Gasteiger partial charge in [0.15, 0.2) is 0 Å². The van der Waals surface area contributed by atoms with E-state index in [1.54, 1.807) is 0 Å². The van der Waals surface area contributed by atoms with Crippen LogP contribution in [0.4, 0.5) is 0 Å². The van der Waals surface area contributed by atoms with Gasteiger partial charge >= 0.3 is 0 Å². The first-order valence-electron chi connectivity index (χ1n) is 7.51. The largest absolute Gasteiger partial charge is 0.464 e. The third-order valence-corrected chi connectivity index (χ3v) is 3.67. The number of nitrogens with one attached hydrogen (secondary N) is 1. The summed E-state index contributed by atoms with van der Waals surface area (Å²) in [6.45, 7) is 15.2. The molecule has 2 rings (SSSR count). The van der Waals surface area contributed by atoms with Crippen LogP contribution < -0.4 is 5.32 Å². The molecule has 0 spiro atoms. The van der Waals surface area contributed by atoms with E-state index in [1.807, 2.05) is 6.26 Å². The highest BCUT2D eigenvalue weighted by Gasteiger charge is 2.17. The lowest BCUT2D eigenvalue weighted by Gasteiger charge is -2.20. The van der Waals surface area contributed by atoms with Crippen LogP contribution in [0.3, 0.4) is 0 Å². The van der Waals surface area contributed by atoms with Crippen molar-refractivity contribution in [1.82, 2.24) is 5.32 Å². The molecule has 1 heterocycles. The molecule has 2 nitrogen and oxygen atoms in total. The Morgan fingerprint density at radius 1 is 1.20 bits per heavy atom. The van der Waals surface area contributed by atoms with E-state index in [9.17, 15) is 0 Å². The molecule has 0 atom stereocenters. The normalized spacial score (nSPS) is 12.6. The molecule has 110 valence electrons. The highest BCUT2D eigenvalue weighted by Crippen LogP contribution is 2.31. The number of furan rings is 1. The van der Waals surface area contributed by atoms with Gasteiger partial charge in [-0.05, 0) is 42.0 Å². The number of benzene rings is 1. The molecule has 2 heteroatoms. The van der Waals surface area contributed by atoms with E-state index in [0.29, 0.717) is 5.92 Å². The van der Waals surface area contributed by atoms with Gasteiger partial charge in [-0.2, -0.15) is 0 Å². The van der Waals surface area contributed by atoms with Crippen molar-refractivity contribution < 1.29 is 4.42 Å². The van der Waals surface area contributed by atoms with Crippen LogP contribution in [0, 0.1) is 12.8 Å². The van der Waals surface area contributed by atoms with Crippen molar-refractivity contribution in [3.05, 3.63) is 35.1 Å². The van der Waals surface area contributed by atoms with Crippen molar-refractivity contribution in [1.29, 1.82) is 0 Å². The van der Waals surface area contributed by atoms with Gasteiger partial charge in [-0.25, -0.2) is 0 Å². The van der Waals surface area contributed by atoms with E-state index >= 15 is 0 Å². The first-order valence-corrected chi connectivity index (χ1v) is 7.51. The Labute approximate surface area is 122 Å². The molecule has 0 amide bonds. The lowest BCUT2D eigenvalue weighted by atomic mass is 9.85. The maximum absolute atomic E-state index is 5.77. The number of rotatable bonds is 4. The summed E-state index contributed by atoms with van der Waals surface area (Å²) in [6, 6.07) is 4.54. The van der Waals surface area contributed by atoms with E-state index in [-0.39, 0.29) is 5.41 Å². The third kappa shape index (κ3) is 3.24. The Bertz CT molecular complexity index is 587. The fourth-order valence-corrected chi connectivity index (χ4v) is 2.43. The van der Waals surface area contributed by atoms with Crippen LogP contribution in [0.15, 0.2) is 22.8 Å². The van der Waals surface area contributed by atoms with Crippen LogP contribution in [0.25, 0.3) is 11.0 Å². The molecule has 0 saturated heterocycles. The summed E-state index contributed by atoms with van der Waals surface area (Å²) in [6.07, 6.45) is 1.90. The third-order valence-electron chi connectivity index (χ3n) is 3.67. The molecule has 0 unspecified atom stereocenters. The topological polar surface area (TPSA) is 25.2 Å². The van der Waals surface area contributed by atoms with Gasteiger partial charge in [0.1, 0.15) is 5.58 Å². The van der Waals surface area contributed by atoms with Crippen LogP contribution in [0.5, 0.6) is 0 Å². The van der Waals surface area contributed by atoms with Gasteiger partial charge in [0.2, 0.25) is 0 Å². The van der Waals surface area contributed by atoms with Crippen molar-refractivity contribution in [3.8, 4) is 0 Å². The molecule has 0 aliphatic heterocycles. The Hall–Kier alpha value is -1.28. The monoisotopic (exact) mass is 273 g/mol. The fraction of sp³-hybridized carbons (Fsp3) is 0.556. The highest BCUT2D eigenvalue weighted by atomic mass is 16.3. The highest BCUT2D eigenvalue weighted by molar-refractivity contribution is 5.84. The second-order valence-electron chi connectivity index (χ2n) is 7.21. The van der Waals surface area contributed by atoms with Crippen molar-refractivity contribution in [2.24, 2.45) is 5.92 Å². The van der Waals surface area contributed by atoms with E-state index in [1.165, 1.54) is 22.1 Å². The molecule has 0 aliphatic rings. The second-order valence-corrected chi connectivity index (χ2v) is 7.21. The van der Waals surface area contributed by atoms with E-state index in [4.69, 9.17) is 4.42 Å². The summed E-state index contributed by atoms with van der Waals surface area (Å²) < 4.78 is 5.77. The quantitative estimate of drug-likeness (QED) is 0.867. The maximum Gasteiger partial charge on any atom is 0.137 e. The van der Waals surface area contributed by atoms with Gasteiger partial charge in [0.25, 0.3) is 0 Å². The molecule has 1 aromatic carbocycles. The van der Waals surface area contributed by atoms with E-state index in [0.717, 1.165) is 18.7 Å². The molecular formula is C18H27NO. The standard InChI is InChI=1S/C18H27NO/c1-12(2)9-19-10-14-11-20-17-13(3)7-15(8-16(14)17)18(4,5)6/h7-8,11-12,19H,9-10H2,1-6H3. The fourth-order valence-electron chi connectivity index (χ4n) is 2.43. The summed E-state index contributed by atoms with van der Waals surface area (Å²) in [4.78, 5) is 0. The molecular weight excluding hydrogens is 246 g/mol. The molecule has 1 aromatic heterocycles. The predicted molar refractivity (Wildman–Crippen MR) is 86.2 cm³/mol. The zero-order valence-electron chi connectivity index (χ0n) is 13.6. The minimum absolute atomic E-state index is 0.166. The molecule has 0 bridgehead atoms. The van der Waals surface area contributed by atoms with Gasteiger partial charge in [-0.15, -0.1) is 0 Å². The maximum atomic E-state index is 5.77. The number of hydrogen-bond acceptors (Lipinski definition) is 2. The minimum atomic E-state index is 0.166. The Balaban J connectivity index is 2.35. The number of hydrogen-bond donors (Lipinski definition) is 1. The average Bonchev–Trinajstić information content (AvgIpc) is 2.71. The van der Waals surface area contributed by atoms with Crippen LogP contribution in [-0.2, 0) is 12.0 Å². The lowest BCUT2D eigenvalue weighted by Crippen LogP contribution is -2.18. The minimum Gasteiger partial charge on any atom is -0.464 e. The molecule has 1 N–H and O–H groups in total. The first-order chi connectivity index (χ1) is 9.29. The summed E-state index contributed by atoms with van der Waals surface area (Å²) in [5, 5.41) is 4.75. The van der Waals surface area contributed by atoms with Crippen LogP contribution >= 0.6 is 0 Å². The SMILES string of the molecule is Cc1cc(C(C)(C)C)cc2c(CNCC(C)C)coc12. The van der Waals surface area contributed by atoms with Gasteiger partial charge in [-0.1, -0.05) is 40.7 Å². The number of aryl methyl sites for hydroxylation is 1. The van der Waals surface area contributed by atoms with Crippen LogP contribution in [-0.4, -0.2) is 6.54 Å². The Kier molecular flexibility index (Phi) is 4.24. The smallest absolute Gasteiger partial charge is 0.137 e. The number of fused-ring (bicyclic) bond motifs is 1. The van der Waals surface area contributed by atoms with Crippen molar-refractivity contribution in [2.75, 3.05) is 6.54 Å². The molecule has 0 radical (unpaired) electrons. The van der Waals surface area contributed by atoms with Crippen molar-refractivity contribution in [3.63, 3.8) is 0 Å². The first kappa shape index (κ1) is 15.1. The van der Waals surface area contributed by atoms with Gasteiger partial charge in [0, 0.05) is 17.5 Å². The van der Waals surface area contributed by atoms with Gasteiger partial charge < -0.3 is 9.73 Å². The van der Waals surface area contributed by atoms with E-state index < -0.39 is 0 Å². The van der Waals surface area contributed by atoms with Crippen molar-refractivity contribution >= 4 is 11.0 Å². The van der Waals surface area contributed by atoms with Gasteiger partial charge in [0.05, 0.1) is 6.26 Å². The molecule has 20 heavy (non-hydrogen) atoms. The van der Waals surface area contributed by atoms with Gasteiger partial charge in [-0.3, -0.25) is 0 Å². The molecule has 2 aromatic rings. The second kappa shape index (κ2) is 5.61. The summed E-state index contributed by atoms with van der Waals surface area (Å²) >= 11 is 0.